The molecule has 0 radical (unpaired) electrons. The van der Waals surface area contributed by atoms with Crippen molar-refractivity contribution in [3.63, 3.8) is 0 Å². The predicted molar refractivity (Wildman–Crippen MR) is 145 cm³/mol. The summed E-state index contributed by atoms with van der Waals surface area (Å²) in [4.78, 5) is 30.9. The molecule has 9 heteroatoms. The number of anilines is 1. The van der Waals surface area contributed by atoms with Crippen LogP contribution in [0, 0.1) is 0 Å². The van der Waals surface area contributed by atoms with E-state index in [1.54, 1.807) is 4.90 Å². The first-order valence-corrected chi connectivity index (χ1v) is 15.3. The molecule has 2 aliphatic heterocycles. The fourth-order valence-electron chi connectivity index (χ4n) is 4.59. The van der Waals surface area contributed by atoms with Gasteiger partial charge in [0.05, 0.1) is 24.4 Å². The normalized spacial score (nSPS) is 19.4. The molecule has 2 atom stereocenters. The summed E-state index contributed by atoms with van der Waals surface area (Å²) in [5.41, 5.74) is 2.61. The minimum atomic E-state index is -2.47. The highest BCUT2D eigenvalue weighted by molar-refractivity contribution is 6.74. The van der Waals surface area contributed by atoms with Gasteiger partial charge < -0.3 is 23.9 Å². The number of hydrogen-bond donors (Lipinski definition) is 1. The molecular formula is C28H36N2O6Si. The van der Waals surface area contributed by atoms with Gasteiger partial charge in [-0.2, -0.15) is 0 Å². The maximum Gasteiger partial charge on any atom is 0.416 e. The highest BCUT2D eigenvalue weighted by atomic mass is 28.4. The van der Waals surface area contributed by atoms with Gasteiger partial charge in [-0.1, -0.05) is 57.7 Å². The third kappa shape index (κ3) is 4.85. The monoisotopic (exact) mass is 524 g/mol. The Morgan fingerprint density at radius 1 is 1.22 bits per heavy atom. The predicted octanol–water partition coefficient (Wildman–Crippen LogP) is 5.46. The SMILES string of the molecule is C=CCOC(=O)N1c2cc(O)c(OC)cc2C(=O)N2Cc3ccccc3C[C@H]2C1O[Si](C)(C)C(C)(C)C. The molecule has 0 aliphatic carbocycles. The number of carbonyl (C=O) groups is 2. The van der Waals surface area contributed by atoms with Crippen LogP contribution in [-0.2, 0) is 22.1 Å². The Bertz CT molecular complexity index is 1220. The summed E-state index contributed by atoms with van der Waals surface area (Å²) in [6.07, 6.45) is 0.469. The van der Waals surface area contributed by atoms with Gasteiger partial charge in [0.2, 0.25) is 0 Å². The maximum absolute atomic E-state index is 14.1. The molecule has 2 aromatic rings. The Kier molecular flexibility index (Phi) is 7.13. The van der Waals surface area contributed by atoms with Crippen molar-refractivity contribution in [2.45, 2.75) is 64.1 Å². The summed E-state index contributed by atoms with van der Waals surface area (Å²) < 4.78 is 17.8. The van der Waals surface area contributed by atoms with E-state index in [0.29, 0.717) is 13.0 Å². The van der Waals surface area contributed by atoms with Gasteiger partial charge in [-0.05, 0) is 41.7 Å². The first-order chi connectivity index (χ1) is 17.4. The summed E-state index contributed by atoms with van der Waals surface area (Å²) in [7, 11) is -1.05. The molecule has 4 rings (SSSR count). The maximum atomic E-state index is 14.1. The first-order valence-electron chi connectivity index (χ1n) is 12.4. The van der Waals surface area contributed by atoms with Crippen LogP contribution in [-0.4, -0.2) is 56.3 Å². The van der Waals surface area contributed by atoms with Gasteiger partial charge in [0.25, 0.3) is 5.91 Å². The third-order valence-corrected chi connectivity index (χ3v) is 12.1. The quantitative estimate of drug-likeness (QED) is 0.413. The molecule has 198 valence electrons. The van der Waals surface area contributed by atoms with Crippen LogP contribution in [0.15, 0.2) is 49.1 Å². The van der Waals surface area contributed by atoms with E-state index in [2.05, 4.69) is 40.4 Å². The molecule has 2 amide bonds. The van der Waals surface area contributed by atoms with E-state index in [-0.39, 0.29) is 40.3 Å². The zero-order chi connectivity index (χ0) is 27.1. The number of ether oxygens (including phenoxy) is 2. The van der Waals surface area contributed by atoms with Crippen LogP contribution < -0.4 is 9.64 Å². The highest BCUT2D eigenvalue weighted by Gasteiger charge is 2.50. The number of nitrogens with zero attached hydrogens (tertiary/aromatic N) is 2. The lowest BCUT2D eigenvalue weighted by Crippen LogP contribution is -2.60. The number of carbonyl (C=O) groups excluding carboxylic acids is 2. The summed E-state index contributed by atoms with van der Waals surface area (Å²) in [5.74, 6) is -0.315. The first kappa shape index (κ1) is 26.8. The van der Waals surface area contributed by atoms with E-state index in [1.807, 2.05) is 24.3 Å². The minimum Gasteiger partial charge on any atom is -0.504 e. The van der Waals surface area contributed by atoms with E-state index in [9.17, 15) is 14.7 Å². The second kappa shape index (κ2) is 9.87. The van der Waals surface area contributed by atoms with Gasteiger partial charge in [0, 0.05) is 12.6 Å². The number of phenolic OH excluding ortho intramolecular Hbond substituents is 1. The lowest BCUT2D eigenvalue weighted by Gasteiger charge is -2.47. The second-order valence-electron chi connectivity index (χ2n) is 11.0. The average Bonchev–Trinajstić information content (AvgIpc) is 2.93. The molecule has 0 aromatic heterocycles. The molecule has 2 aliphatic rings. The molecule has 0 bridgehead atoms. The molecular weight excluding hydrogens is 488 g/mol. The molecule has 2 heterocycles. The minimum absolute atomic E-state index is 0.00915. The number of amides is 2. The summed E-state index contributed by atoms with van der Waals surface area (Å²) in [5, 5.41) is 10.5. The molecule has 0 saturated heterocycles. The van der Waals surface area contributed by atoms with Gasteiger partial charge in [0.15, 0.2) is 26.0 Å². The zero-order valence-electron chi connectivity index (χ0n) is 22.4. The zero-order valence-corrected chi connectivity index (χ0v) is 23.4. The largest absolute Gasteiger partial charge is 0.504 e. The smallest absolute Gasteiger partial charge is 0.416 e. The number of fused-ring (bicyclic) bond motifs is 3. The molecule has 8 nitrogen and oxygen atoms in total. The fraction of sp³-hybridized carbons (Fsp3) is 0.429. The van der Waals surface area contributed by atoms with Crippen molar-refractivity contribution >= 4 is 26.0 Å². The van der Waals surface area contributed by atoms with Crippen LogP contribution in [0.25, 0.3) is 0 Å². The Morgan fingerprint density at radius 2 is 1.89 bits per heavy atom. The van der Waals surface area contributed by atoms with Crippen LogP contribution in [0.4, 0.5) is 10.5 Å². The topological polar surface area (TPSA) is 88.5 Å². The van der Waals surface area contributed by atoms with Crippen molar-refractivity contribution in [1.29, 1.82) is 0 Å². The van der Waals surface area contributed by atoms with Crippen molar-refractivity contribution in [2.75, 3.05) is 18.6 Å². The number of methoxy groups -OCH3 is 1. The van der Waals surface area contributed by atoms with Gasteiger partial charge in [-0.15, -0.1) is 0 Å². The third-order valence-electron chi connectivity index (χ3n) is 7.66. The fourth-order valence-corrected chi connectivity index (χ4v) is 5.81. The van der Waals surface area contributed by atoms with Gasteiger partial charge >= 0.3 is 6.09 Å². The number of phenols is 1. The van der Waals surface area contributed by atoms with E-state index in [0.717, 1.165) is 11.1 Å². The van der Waals surface area contributed by atoms with E-state index in [1.165, 1.54) is 30.2 Å². The Hall–Kier alpha value is -3.30. The van der Waals surface area contributed by atoms with E-state index >= 15 is 0 Å². The lowest BCUT2D eigenvalue weighted by atomic mass is 9.93. The molecule has 1 N–H and O–H groups in total. The van der Waals surface area contributed by atoms with Crippen molar-refractivity contribution in [3.05, 3.63) is 65.7 Å². The van der Waals surface area contributed by atoms with Crippen LogP contribution in [0.2, 0.25) is 18.1 Å². The van der Waals surface area contributed by atoms with Crippen molar-refractivity contribution < 1.29 is 28.6 Å². The van der Waals surface area contributed by atoms with Crippen molar-refractivity contribution in [2.24, 2.45) is 0 Å². The molecule has 0 saturated carbocycles. The Labute approximate surface area is 219 Å². The van der Waals surface area contributed by atoms with E-state index in [4.69, 9.17) is 13.9 Å². The van der Waals surface area contributed by atoms with Gasteiger partial charge in [0.1, 0.15) is 6.61 Å². The molecule has 1 unspecified atom stereocenters. The second-order valence-corrected chi connectivity index (χ2v) is 15.8. The van der Waals surface area contributed by atoms with Gasteiger partial charge in [-0.25, -0.2) is 9.69 Å². The molecule has 37 heavy (non-hydrogen) atoms. The number of aromatic hydroxyl groups is 1. The van der Waals surface area contributed by atoms with Gasteiger partial charge in [-0.3, -0.25) is 4.79 Å². The van der Waals surface area contributed by atoms with Crippen molar-refractivity contribution in [3.8, 4) is 11.5 Å². The van der Waals surface area contributed by atoms with Crippen LogP contribution in [0.1, 0.15) is 42.3 Å². The Morgan fingerprint density at radius 3 is 2.51 bits per heavy atom. The number of rotatable bonds is 5. The Balaban J connectivity index is 1.97. The number of benzene rings is 2. The standard InChI is InChI=1S/C28H36N2O6Si/c1-8-13-35-27(33)30-21-16-23(31)24(34-5)15-20(21)25(32)29-17-19-12-10-9-11-18(19)14-22(29)26(30)36-37(6,7)28(2,3)4/h8-12,15-16,22,26,31H,1,13-14,17H2,2-7H3/t22-,26?/m0/s1. The van der Waals surface area contributed by atoms with Crippen LogP contribution in [0.5, 0.6) is 11.5 Å². The van der Waals surface area contributed by atoms with E-state index < -0.39 is 26.7 Å². The molecule has 2 aromatic carbocycles. The van der Waals surface area contributed by atoms with Crippen LogP contribution in [0.3, 0.4) is 0 Å². The average molecular weight is 525 g/mol. The number of hydrogen-bond acceptors (Lipinski definition) is 6. The summed E-state index contributed by atoms with van der Waals surface area (Å²) in [6.45, 7) is 14.6. The van der Waals surface area contributed by atoms with Crippen molar-refractivity contribution in [1.82, 2.24) is 4.90 Å². The molecule has 0 spiro atoms. The summed E-state index contributed by atoms with van der Waals surface area (Å²) >= 11 is 0. The molecule has 0 fully saturated rings. The highest BCUT2D eigenvalue weighted by Crippen LogP contribution is 2.44. The summed E-state index contributed by atoms with van der Waals surface area (Å²) in [6, 6.07) is 10.4. The van der Waals surface area contributed by atoms with Crippen LogP contribution >= 0.6 is 0 Å². The lowest BCUT2D eigenvalue weighted by molar-refractivity contribution is 0.0338.